The lowest BCUT2D eigenvalue weighted by Crippen LogP contribution is -2.41. The van der Waals surface area contributed by atoms with Crippen LogP contribution in [0.5, 0.6) is 0 Å². The van der Waals surface area contributed by atoms with Gasteiger partial charge in [0.25, 0.3) is 0 Å². The lowest BCUT2D eigenvalue weighted by molar-refractivity contribution is -0.130. The second kappa shape index (κ2) is 7.78. The molecule has 18 heavy (non-hydrogen) atoms. The first kappa shape index (κ1) is 15.5. The second-order valence-electron chi connectivity index (χ2n) is 5.77. The SMILES string of the molecule is CCN(CC)C(=O)CCNC1CC(C)CCC1C. The molecule has 0 aromatic carbocycles. The molecule has 0 saturated heterocycles. The standard InChI is InChI=1S/C15H30N2O/c1-5-17(6-2)15(18)9-10-16-14-11-12(3)7-8-13(14)4/h12-14,16H,5-11H2,1-4H3. The maximum absolute atomic E-state index is 11.9. The van der Waals surface area contributed by atoms with Crippen molar-refractivity contribution in [1.82, 2.24) is 10.2 Å². The van der Waals surface area contributed by atoms with Crippen molar-refractivity contribution >= 4 is 5.91 Å². The zero-order valence-electron chi connectivity index (χ0n) is 12.5. The molecular weight excluding hydrogens is 224 g/mol. The fourth-order valence-electron chi connectivity index (χ4n) is 2.92. The van der Waals surface area contributed by atoms with Crippen molar-refractivity contribution in [3.8, 4) is 0 Å². The van der Waals surface area contributed by atoms with Gasteiger partial charge in [0.05, 0.1) is 0 Å². The van der Waals surface area contributed by atoms with Crippen LogP contribution in [0.3, 0.4) is 0 Å². The van der Waals surface area contributed by atoms with Crippen LogP contribution in [0.2, 0.25) is 0 Å². The van der Waals surface area contributed by atoms with E-state index in [-0.39, 0.29) is 5.91 Å². The third kappa shape index (κ3) is 4.60. The van der Waals surface area contributed by atoms with E-state index >= 15 is 0 Å². The minimum atomic E-state index is 0.281. The van der Waals surface area contributed by atoms with Crippen LogP contribution in [-0.4, -0.2) is 36.5 Å². The fraction of sp³-hybridized carbons (Fsp3) is 0.933. The molecule has 3 nitrogen and oxygen atoms in total. The van der Waals surface area contributed by atoms with E-state index in [1.54, 1.807) is 0 Å². The van der Waals surface area contributed by atoms with Gasteiger partial charge in [-0.25, -0.2) is 0 Å². The van der Waals surface area contributed by atoms with Crippen molar-refractivity contribution in [3.05, 3.63) is 0 Å². The summed E-state index contributed by atoms with van der Waals surface area (Å²) in [5, 5.41) is 3.59. The molecule has 0 heterocycles. The predicted octanol–water partition coefficient (Wildman–Crippen LogP) is 2.66. The van der Waals surface area contributed by atoms with Gasteiger partial charge in [0.15, 0.2) is 0 Å². The first-order valence-corrected chi connectivity index (χ1v) is 7.59. The number of nitrogens with zero attached hydrogens (tertiary/aromatic N) is 1. The van der Waals surface area contributed by atoms with Crippen molar-refractivity contribution in [2.24, 2.45) is 11.8 Å². The predicted molar refractivity (Wildman–Crippen MR) is 76.5 cm³/mol. The number of carbonyl (C=O) groups is 1. The Hall–Kier alpha value is -0.570. The number of rotatable bonds is 6. The Kier molecular flexibility index (Phi) is 6.69. The van der Waals surface area contributed by atoms with Crippen molar-refractivity contribution in [1.29, 1.82) is 0 Å². The van der Waals surface area contributed by atoms with Gasteiger partial charge in [-0.05, 0) is 38.5 Å². The molecule has 0 spiro atoms. The molecule has 1 amide bonds. The smallest absolute Gasteiger partial charge is 0.223 e. The second-order valence-corrected chi connectivity index (χ2v) is 5.77. The van der Waals surface area contributed by atoms with Crippen LogP contribution in [0.25, 0.3) is 0 Å². The highest BCUT2D eigenvalue weighted by Crippen LogP contribution is 2.28. The Labute approximate surface area is 112 Å². The third-order valence-electron chi connectivity index (χ3n) is 4.32. The summed E-state index contributed by atoms with van der Waals surface area (Å²) in [5.41, 5.74) is 0. The lowest BCUT2D eigenvalue weighted by atomic mass is 9.80. The average Bonchev–Trinajstić information content (AvgIpc) is 2.35. The topological polar surface area (TPSA) is 32.3 Å². The van der Waals surface area contributed by atoms with Crippen molar-refractivity contribution in [2.75, 3.05) is 19.6 Å². The highest BCUT2D eigenvalue weighted by atomic mass is 16.2. The minimum Gasteiger partial charge on any atom is -0.343 e. The molecule has 3 heteroatoms. The molecule has 1 aliphatic rings. The van der Waals surface area contributed by atoms with E-state index < -0.39 is 0 Å². The first-order valence-electron chi connectivity index (χ1n) is 7.59. The van der Waals surface area contributed by atoms with Gasteiger partial charge in [-0.3, -0.25) is 4.79 Å². The zero-order valence-corrected chi connectivity index (χ0v) is 12.5. The molecule has 0 aromatic rings. The number of carbonyl (C=O) groups excluding carboxylic acids is 1. The van der Waals surface area contributed by atoms with Gasteiger partial charge >= 0.3 is 0 Å². The number of hydrogen-bond donors (Lipinski definition) is 1. The highest BCUT2D eigenvalue weighted by molar-refractivity contribution is 5.76. The van der Waals surface area contributed by atoms with Gasteiger partial charge in [0.1, 0.15) is 0 Å². The van der Waals surface area contributed by atoms with Crippen LogP contribution < -0.4 is 5.32 Å². The van der Waals surface area contributed by atoms with Gasteiger partial charge in [0, 0.05) is 32.1 Å². The van der Waals surface area contributed by atoms with Crippen molar-refractivity contribution in [3.63, 3.8) is 0 Å². The summed E-state index contributed by atoms with van der Waals surface area (Å²) in [6.07, 6.45) is 4.58. The van der Waals surface area contributed by atoms with Crippen LogP contribution in [0.1, 0.15) is 53.4 Å². The Morgan fingerprint density at radius 2 is 1.89 bits per heavy atom. The molecular formula is C15H30N2O. The molecule has 0 aromatic heterocycles. The lowest BCUT2D eigenvalue weighted by Gasteiger charge is -2.33. The maximum atomic E-state index is 11.9. The Morgan fingerprint density at radius 1 is 1.22 bits per heavy atom. The summed E-state index contributed by atoms with van der Waals surface area (Å²) in [7, 11) is 0. The molecule has 0 radical (unpaired) electrons. The van der Waals surface area contributed by atoms with Crippen LogP contribution in [0.15, 0.2) is 0 Å². The summed E-state index contributed by atoms with van der Waals surface area (Å²) >= 11 is 0. The van der Waals surface area contributed by atoms with E-state index in [0.717, 1.165) is 31.5 Å². The summed E-state index contributed by atoms with van der Waals surface area (Å²) in [6.45, 7) is 11.2. The van der Waals surface area contributed by atoms with Gasteiger partial charge < -0.3 is 10.2 Å². The molecule has 1 aliphatic carbocycles. The molecule has 1 saturated carbocycles. The molecule has 0 bridgehead atoms. The van der Waals surface area contributed by atoms with Crippen LogP contribution in [0.4, 0.5) is 0 Å². The van der Waals surface area contributed by atoms with Crippen LogP contribution >= 0.6 is 0 Å². The molecule has 0 aliphatic heterocycles. The number of amides is 1. The zero-order chi connectivity index (χ0) is 13.5. The quantitative estimate of drug-likeness (QED) is 0.790. The van der Waals surface area contributed by atoms with E-state index in [9.17, 15) is 4.79 Å². The Bertz CT molecular complexity index is 251. The Morgan fingerprint density at radius 3 is 2.50 bits per heavy atom. The van der Waals surface area contributed by atoms with Gasteiger partial charge in [-0.2, -0.15) is 0 Å². The number of hydrogen-bond acceptors (Lipinski definition) is 2. The Balaban J connectivity index is 2.26. The largest absolute Gasteiger partial charge is 0.343 e. The maximum Gasteiger partial charge on any atom is 0.223 e. The number of nitrogens with one attached hydrogen (secondary N) is 1. The average molecular weight is 254 g/mol. The first-order chi connectivity index (χ1) is 8.58. The fourth-order valence-corrected chi connectivity index (χ4v) is 2.92. The molecule has 3 atom stereocenters. The van der Waals surface area contributed by atoms with E-state index in [2.05, 4.69) is 19.2 Å². The van der Waals surface area contributed by atoms with Crippen LogP contribution in [-0.2, 0) is 4.79 Å². The normalized spacial score (nSPS) is 28.1. The molecule has 1 rings (SSSR count). The highest BCUT2D eigenvalue weighted by Gasteiger charge is 2.24. The van der Waals surface area contributed by atoms with Crippen molar-refractivity contribution in [2.45, 2.75) is 59.4 Å². The van der Waals surface area contributed by atoms with Gasteiger partial charge in [-0.15, -0.1) is 0 Å². The van der Waals surface area contributed by atoms with E-state index in [4.69, 9.17) is 0 Å². The van der Waals surface area contributed by atoms with Crippen molar-refractivity contribution < 1.29 is 4.79 Å². The molecule has 3 unspecified atom stereocenters. The van der Waals surface area contributed by atoms with E-state index in [1.807, 2.05) is 18.7 Å². The van der Waals surface area contributed by atoms with E-state index in [1.165, 1.54) is 19.3 Å². The molecule has 106 valence electrons. The van der Waals surface area contributed by atoms with E-state index in [0.29, 0.717) is 12.5 Å². The molecule has 1 fully saturated rings. The minimum absolute atomic E-state index is 0.281. The van der Waals surface area contributed by atoms with Crippen LogP contribution in [0, 0.1) is 11.8 Å². The third-order valence-corrected chi connectivity index (χ3v) is 4.32. The molecule has 1 N–H and O–H groups in total. The summed E-state index contributed by atoms with van der Waals surface area (Å²) in [6, 6.07) is 0.609. The summed E-state index contributed by atoms with van der Waals surface area (Å²) in [5.74, 6) is 1.87. The summed E-state index contributed by atoms with van der Waals surface area (Å²) < 4.78 is 0. The van der Waals surface area contributed by atoms with Gasteiger partial charge in [-0.1, -0.05) is 20.3 Å². The summed E-state index contributed by atoms with van der Waals surface area (Å²) in [4.78, 5) is 13.8. The monoisotopic (exact) mass is 254 g/mol. The van der Waals surface area contributed by atoms with Gasteiger partial charge in [0.2, 0.25) is 5.91 Å².